The van der Waals surface area contributed by atoms with Gasteiger partial charge in [-0.1, -0.05) is 0 Å². The largest absolute Gasteiger partial charge is 0.317 e. The second-order valence-corrected chi connectivity index (χ2v) is 5.32. The van der Waals surface area contributed by atoms with Gasteiger partial charge in [0.05, 0.1) is 5.52 Å². The summed E-state index contributed by atoms with van der Waals surface area (Å²) in [5, 5.41) is 1.86. The highest BCUT2D eigenvalue weighted by atomic mass is 32.1. The number of aromatic amines is 1. The van der Waals surface area contributed by atoms with E-state index in [-0.39, 0.29) is 5.54 Å². The molecule has 0 saturated carbocycles. The molecule has 4 nitrogen and oxygen atoms in total. The number of fused-ring (bicyclic) bond motifs is 1. The predicted molar refractivity (Wildman–Crippen MR) is 61.7 cm³/mol. The van der Waals surface area contributed by atoms with E-state index in [2.05, 4.69) is 4.98 Å². The molecule has 5 heteroatoms. The van der Waals surface area contributed by atoms with Crippen molar-refractivity contribution < 1.29 is 0 Å². The average molecular weight is 224 g/mol. The summed E-state index contributed by atoms with van der Waals surface area (Å²) in [5.74, 6) is 0. The van der Waals surface area contributed by atoms with Crippen molar-refractivity contribution in [3.63, 3.8) is 0 Å². The monoisotopic (exact) mass is 224 g/mol. The summed E-state index contributed by atoms with van der Waals surface area (Å²) in [6.07, 6.45) is 0. The number of rotatable bonds is 0. The van der Waals surface area contributed by atoms with Crippen molar-refractivity contribution in [2.45, 2.75) is 26.3 Å². The maximum Gasteiger partial charge on any atom is 0.317 e. The molecule has 0 amide bonds. The lowest BCUT2D eigenvalue weighted by Crippen LogP contribution is -2.43. The molecule has 1 N–H and O–H groups in total. The second kappa shape index (κ2) is 3.06. The Labute approximate surface area is 90.2 Å². The number of hydrogen-bond acceptors (Lipinski definition) is 3. The topological polar surface area (TPSA) is 54.9 Å². The standard InChI is InChI=1S/C10H12N2O2S/c1-10(2,3)12-6-4-5-15-8(6)11-7(13)9(12)14/h4-5H,1-3H3,(H,11,13). The van der Waals surface area contributed by atoms with Gasteiger partial charge in [-0.3, -0.25) is 14.2 Å². The Morgan fingerprint density at radius 3 is 2.60 bits per heavy atom. The van der Waals surface area contributed by atoms with E-state index in [9.17, 15) is 9.59 Å². The van der Waals surface area contributed by atoms with E-state index < -0.39 is 11.1 Å². The van der Waals surface area contributed by atoms with E-state index >= 15 is 0 Å². The van der Waals surface area contributed by atoms with Crippen LogP contribution < -0.4 is 11.1 Å². The van der Waals surface area contributed by atoms with Crippen LogP contribution in [0.1, 0.15) is 20.8 Å². The number of nitrogens with one attached hydrogen (secondary N) is 1. The summed E-state index contributed by atoms with van der Waals surface area (Å²) >= 11 is 1.43. The van der Waals surface area contributed by atoms with E-state index in [1.807, 2.05) is 32.2 Å². The summed E-state index contributed by atoms with van der Waals surface area (Å²) < 4.78 is 1.54. The first kappa shape index (κ1) is 10.2. The van der Waals surface area contributed by atoms with Gasteiger partial charge in [0.2, 0.25) is 0 Å². The third-order valence-electron chi connectivity index (χ3n) is 2.18. The smallest absolute Gasteiger partial charge is 0.308 e. The maximum atomic E-state index is 11.8. The average Bonchev–Trinajstić information content (AvgIpc) is 2.50. The molecule has 0 saturated heterocycles. The van der Waals surface area contributed by atoms with Gasteiger partial charge in [0.25, 0.3) is 0 Å². The fraction of sp³-hybridized carbons (Fsp3) is 0.400. The molecule has 0 aliphatic carbocycles. The van der Waals surface area contributed by atoms with Crippen molar-refractivity contribution in [1.29, 1.82) is 0 Å². The highest BCUT2D eigenvalue weighted by molar-refractivity contribution is 7.16. The van der Waals surface area contributed by atoms with Crippen LogP contribution in [0.15, 0.2) is 21.0 Å². The molecule has 15 heavy (non-hydrogen) atoms. The lowest BCUT2D eigenvalue weighted by molar-refractivity contribution is 0.395. The molecule has 0 spiro atoms. The summed E-state index contributed by atoms with van der Waals surface area (Å²) in [4.78, 5) is 26.5. The molecule has 2 rings (SSSR count). The zero-order valence-electron chi connectivity index (χ0n) is 8.83. The van der Waals surface area contributed by atoms with E-state index in [0.29, 0.717) is 0 Å². The van der Waals surface area contributed by atoms with Crippen molar-refractivity contribution in [2.24, 2.45) is 0 Å². The van der Waals surface area contributed by atoms with Gasteiger partial charge in [-0.25, -0.2) is 0 Å². The summed E-state index contributed by atoms with van der Waals surface area (Å²) in [7, 11) is 0. The normalized spacial score (nSPS) is 12.2. The van der Waals surface area contributed by atoms with Gasteiger partial charge in [0.1, 0.15) is 4.83 Å². The maximum absolute atomic E-state index is 11.8. The van der Waals surface area contributed by atoms with Gasteiger partial charge in [-0.2, -0.15) is 0 Å². The first-order valence-electron chi connectivity index (χ1n) is 4.64. The fourth-order valence-corrected chi connectivity index (χ4v) is 2.37. The van der Waals surface area contributed by atoms with Gasteiger partial charge in [-0.15, -0.1) is 11.3 Å². The Hall–Kier alpha value is -1.36. The van der Waals surface area contributed by atoms with Gasteiger partial charge in [-0.05, 0) is 32.2 Å². The predicted octanol–water partition coefficient (Wildman–Crippen LogP) is 1.51. The van der Waals surface area contributed by atoms with Crippen molar-refractivity contribution in [3.05, 3.63) is 32.2 Å². The number of H-pyrrole nitrogens is 1. The molecule has 0 atom stereocenters. The van der Waals surface area contributed by atoms with E-state index in [1.54, 1.807) is 0 Å². The Balaban J connectivity index is 3.04. The lowest BCUT2D eigenvalue weighted by Gasteiger charge is -2.22. The first-order valence-corrected chi connectivity index (χ1v) is 5.52. The fourth-order valence-electron chi connectivity index (χ4n) is 1.61. The molecule has 0 unspecified atom stereocenters. The Morgan fingerprint density at radius 1 is 1.33 bits per heavy atom. The minimum atomic E-state index is -0.556. The molecular weight excluding hydrogens is 212 g/mol. The zero-order chi connectivity index (χ0) is 11.2. The molecular formula is C10H12N2O2S. The van der Waals surface area contributed by atoms with Crippen LogP contribution in [0.3, 0.4) is 0 Å². The van der Waals surface area contributed by atoms with Gasteiger partial charge >= 0.3 is 11.1 Å². The quantitative estimate of drug-likeness (QED) is 0.689. The molecule has 0 aliphatic rings. The number of aromatic nitrogens is 2. The van der Waals surface area contributed by atoms with Crippen LogP contribution in [0, 0.1) is 0 Å². The zero-order valence-corrected chi connectivity index (χ0v) is 9.64. The molecule has 2 aromatic rings. The molecule has 0 radical (unpaired) electrons. The van der Waals surface area contributed by atoms with Crippen molar-refractivity contribution in [1.82, 2.24) is 9.55 Å². The highest BCUT2D eigenvalue weighted by Crippen LogP contribution is 2.21. The first-order chi connectivity index (χ1) is 6.91. The highest BCUT2D eigenvalue weighted by Gasteiger charge is 2.19. The molecule has 2 aromatic heterocycles. The van der Waals surface area contributed by atoms with Crippen LogP contribution in [-0.2, 0) is 5.54 Å². The minimum absolute atomic E-state index is 0.384. The lowest BCUT2D eigenvalue weighted by atomic mass is 10.1. The van der Waals surface area contributed by atoms with Gasteiger partial charge < -0.3 is 4.98 Å². The SMILES string of the molecule is CC(C)(C)n1c(=O)c(=O)[nH]c2sccc21. The van der Waals surface area contributed by atoms with Crippen molar-refractivity contribution in [3.8, 4) is 0 Å². The van der Waals surface area contributed by atoms with Gasteiger partial charge in [0, 0.05) is 5.54 Å². The minimum Gasteiger partial charge on any atom is -0.308 e. The molecule has 2 heterocycles. The van der Waals surface area contributed by atoms with Crippen LogP contribution >= 0.6 is 11.3 Å². The second-order valence-electron chi connectivity index (χ2n) is 4.40. The summed E-state index contributed by atoms with van der Waals surface area (Å²) in [6.45, 7) is 5.72. The van der Waals surface area contributed by atoms with Crippen molar-refractivity contribution in [2.75, 3.05) is 0 Å². The van der Waals surface area contributed by atoms with Crippen LogP contribution in [0.4, 0.5) is 0 Å². The van der Waals surface area contributed by atoms with Crippen LogP contribution in [-0.4, -0.2) is 9.55 Å². The Kier molecular flexibility index (Phi) is 2.08. The summed E-state index contributed by atoms with van der Waals surface area (Å²) in [5.41, 5.74) is -0.643. The van der Waals surface area contributed by atoms with E-state index in [4.69, 9.17) is 0 Å². The Morgan fingerprint density at radius 2 is 2.00 bits per heavy atom. The van der Waals surface area contributed by atoms with E-state index in [0.717, 1.165) is 10.3 Å². The van der Waals surface area contributed by atoms with Gasteiger partial charge in [0.15, 0.2) is 0 Å². The molecule has 0 aliphatic heterocycles. The summed E-state index contributed by atoms with van der Waals surface area (Å²) in [6, 6.07) is 1.85. The third kappa shape index (κ3) is 1.52. The number of thiophene rings is 1. The molecule has 0 bridgehead atoms. The molecule has 80 valence electrons. The van der Waals surface area contributed by atoms with Crippen LogP contribution in [0.25, 0.3) is 10.3 Å². The van der Waals surface area contributed by atoms with Crippen molar-refractivity contribution >= 4 is 21.7 Å². The van der Waals surface area contributed by atoms with Crippen LogP contribution in [0.2, 0.25) is 0 Å². The molecule has 0 aromatic carbocycles. The number of hydrogen-bond donors (Lipinski definition) is 1. The van der Waals surface area contributed by atoms with Crippen LogP contribution in [0.5, 0.6) is 0 Å². The van der Waals surface area contributed by atoms with E-state index in [1.165, 1.54) is 15.9 Å². The molecule has 0 fully saturated rings. The third-order valence-corrected chi connectivity index (χ3v) is 3.00. The number of nitrogens with zero attached hydrogens (tertiary/aromatic N) is 1. The Bertz CT molecular complexity index is 613.